The summed E-state index contributed by atoms with van der Waals surface area (Å²) >= 11 is 6.98. The Morgan fingerprint density at radius 3 is 2.77 bits per heavy atom. The lowest BCUT2D eigenvalue weighted by molar-refractivity contribution is 0.0960. The molecular weight excluding hydrogens is 206 g/mol. The molecule has 0 aliphatic rings. The van der Waals surface area contributed by atoms with E-state index in [0.29, 0.717) is 12.4 Å². The first-order chi connectivity index (χ1) is 6.15. The van der Waals surface area contributed by atoms with Crippen molar-refractivity contribution in [3.8, 4) is 0 Å². The van der Waals surface area contributed by atoms with Crippen molar-refractivity contribution in [3.05, 3.63) is 21.4 Å². The molecule has 0 fully saturated rings. The Hall–Kier alpha value is -0.540. The molecule has 0 aromatic carbocycles. The topological polar surface area (TPSA) is 29.1 Å². The molecule has 2 nitrogen and oxygen atoms in total. The molecule has 0 saturated heterocycles. The standard InChI is InChI=1S/C9H12ClNOS/c1-6-5-8(13-7(6)2)9(12)11-4-3-10/h5H,3-4H2,1-2H3,(H,11,12). The molecule has 1 aromatic rings. The molecular formula is C9H12ClNOS. The maximum absolute atomic E-state index is 11.4. The van der Waals surface area contributed by atoms with Crippen LogP contribution < -0.4 is 5.32 Å². The molecule has 1 amide bonds. The van der Waals surface area contributed by atoms with Gasteiger partial charge in [-0.25, -0.2) is 0 Å². The number of carbonyl (C=O) groups excluding carboxylic acids is 1. The van der Waals surface area contributed by atoms with Crippen LogP contribution in [0.4, 0.5) is 0 Å². The molecule has 1 N–H and O–H groups in total. The Morgan fingerprint density at radius 2 is 2.31 bits per heavy atom. The minimum Gasteiger partial charge on any atom is -0.350 e. The quantitative estimate of drug-likeness (QED) is 0.774. The van der Waals surface area contributed by atoms with Gasteiger partial charge in [-0.15, -0.1) is 22.9 Å². The van der Waals surface area contributed by atoms with E-state index in [-0.39, 0.29) is 5.91 Å². The molecule has 0 unspecified atom stereocenters. The lowest BCUT2D eigenvalue weighted by Gasteiger charge is -1.98. The van der Waals surface area contributed by atoms with Gasteiger partial charge in [-0.1, -0.05) is 0 Å². The smallest absolute Gasteiger partial charge is 0.261 e. The number of alkyl halides is 1. The van der Waals surface area contributed by atoms with Crippen LogP contribution in [0, 0.1) is 13.8 Å². The fraction of sp³-hybridized carbons (Fsp3) is 0.444. The second-order valence-electron chi connectivity index (χ2n) is 2.79. The number of rotatable bonds is 3. The third kappa shape index (κ3) is 2.71. The van der Waals surface area contributed by atoms with Gasteiger partial charge in [-0.3, -0.25) is 4.79 Å². The minimum atomic E-state index is -0.0261. The van der Waals surface area contributed by atoms with Crippen molar-refractivity contribution in [2.24, 2.45) is 0 Å². The van der Waals surface area contributed by atoms with Crippen LogP contribution in [0.3, 0.4) is 0 Å². The SMILES string of the molecule is Cc1cc(C(=O)NCCCl)sc1C. The zero-order chi connectivity index (χ0) is 9.84. The van der Waals surface area contributed by atoms with Crippen molar-refractivity contribution in [2.75, 3.05) is 12.4 Å². The van der Waals surface area contributed by atoms with Crippen LogP contribution in [0.1, 0.15) is 20.1 Å². The van der Waals surface area contributed by atoms with Gasteiger partial charge in [0.05, 0.1) is 4.88 Å². The van der Waals surface area contributed by atoms with Gasteiger partial charge >= 0.3 is 0 Å². The first kappa shape index (κ1) is 10.5. The summed E-state index contributed by atoms with van der Waals surface area (Å²) in [5.41, 5.74) is 1.17. The zero-order valence-electron chi connectivity index (χ0n) is 7.69. The lowest BCUT2D eigenvalue weighted by Crippen LogP contribution is -2.24. The Balaban J connectivity index is 2.66. The second-order valence-corrected chi connectivity index (χ2v) is 4.43. The van der Waals surface area contributed by atoms with E-state index in [1.54, 1.807) is 0 Å². The maximum atomic E-state index is 11.4. The molecule has 0 spiro atoms. The van der Waals surface area contributed by atoms with Crippen molar-refractivity contribution in [1.82, 2.24) is 5.32 Å². The normalized spacial score (nSPS) is 10.1. The molecule has 0 bridgehead atoms. The third-order valence-corrected chi connectivity index (χ3v) is 3.11. The Morgan fingerprint density at radius 1 is 1.62 bits per heavy atom. The highest BCUT2D eigenvalue weighted by Gasteiger charge is 2.08. The zero-order valence-corrected chi connectivity index (χ0v) is 9.26. The van der Waals surface area contributed by atoms with E-state index in [2.05, 4.69) is 5.32 Å². The summed E-state index contributed by atoms with van der Waals surface area (Å²) in [6.07, 6.45) is 0. The summed E-state index contributed by atoms with van der Waals surface area (Å²) < 4.78 is 0. The number of nitrogens with one attached hydrogen (secondary N) is 1. The molecule has 0 radical (unpaired) electrons. The van der Waals surface area contributed by atoms with Crippen LogP contribution in [0.25, 0.3) is 0 Å². The summed E-state index contributed by atoms with van der Waals surface area (Å²) in [4.78, 5) is 13.4. The number of amides is 1. The second kappa shape index (κ2) is 4.63. The highest BCUT2D eigenvalue weighted by molar-refractivity contribution is 7.14. The Kier molecular flexibility index (Phi) is 3.75. The molecule has 0 atom stereocenters. The molecule has 4 heteroatoms. The van der Waals surface area contributed by atoms with Crippen LogP contribution in [-0.4, -0.2) is 18.3 Å². The maximum Gasteiger partial charge on any atom is 0.261 e. The minimum absolute atomic E-state index is 0.0261. The lowest BCUT2D eigenvalue weighted by atomic mass is 10.3. The van der Waals surface area contributed by atoms with Crippen LogP contribution in [0.5, 0.6) is 0 Å². The van der Waals surface area contributed by atoms with Crippen molar-refractivity contribution in [2.45, 2.75) is 13.8 Å². The van der Waals surface area contributed by atoms with E-state index in [9.17, 15) is 4.79 Å². The van der Waals surface area contributed by atoms with Crippen molar-refractivity contribution in [1.29, 1.82) is 0 Å². The highest BCUT2D eigenvalue weighted by Crippen LogP contribution is 2.20. The van der Waals surface area contributed by atoms with Crippen LogP contribution >= 0.6 is 22.9 Å². The average molecular weight is 218 g/mol. The van der Waals surface area contributed by atoms with E-state index in [4.69, 9.17) is 11.6 Å². The Labute approximate surface area is 86.9 Å². The van der Waals surface area contributed by atoms with E-state index >= 15 is 0 Å². The fourth-order valence-electron chi connectivity index (χ4n) is 0.933. The van der Waals surface area contributed by atoms with E-state index in [1.807, 2.05) is 19.9 Å². The third-order valence-electron chi connectivity index (χ3n) is 1.77. The molecule has 0 aliphatic carbocycles. The van der Waals surface area contributed by atoms with Gasteiger partial charge in [-0.05, 0) is 25.5 Å². The monoisotopic (exact) mass is 217 g/mol. The predicted molar refractivity (Wildman–Crippen MR) is 56.8 cm³/mol. The van der Waals surface area contributed by atoms with Crippen LogP contribution in [0.2, 0.25) is 0 Å². The summed E-state index contributed by atoms with van der Waals surface area (Å²) in [6, 6.07) is 1.91. The predicted octanol–water partition coefficient (Wildman–Crippen LogP) is 2.33. The van der Waals surface area contributed by atoms with E-state index < -0.39 is 0 Å². The van der Waals surface area contributed by atoms with E-state index in [0.717, 1.165) is 4.88 Å². The van der Waals surface area contributed by atoms with Gasteiger partial charge < -0.3 is 5.32 Å². The molecule has 0 saturated carbocycles. The molecule has 1 aromatic heterocycles. The van der Waals surface area contributed by atoms with Crippen molar-refractivity contribution in [3.63, 3.8) is 0 Å². The average Bonchev–Trinajstić information content (AvgIpc) is 2.43. The number of carbonyl (C=O) groups is 1. The molecule has 1 rings (SSSR count). The van der Waals surface area contributed by atoms with Gasteiger partial charge in [0.25, 0.3) is 5.91 Å². The van der Waals surface area contributed by atoms with Crippen molar-refractivity contribution >= 4 is 28.8 Å². The number of aryl methyl sites for hydroxylation is 2. The molecule has 1 heterocycles. The molecule has 13 heavy (non-hydrogen) atoms. The summed E-state index contributed by atoms with van der Waals surface area (Å²) in [5.74, 6) is 0.427. The van der Waals surface area contributed by atoms with Gasteiger partial charge in [0.2, 0.25) is 0 Å². The van der Waals surface area contributed by atoms with Gasteiger partial charge in [0.15, 0.2) is 0 Å². The summed E-state index contributed by atoms with van der Waals surface area (Å²) in [7, 11) is 0. The van der Waals surface area contributed by atoms with Crippen LogP contribution in [-0.2, 0) is 0 Å². The number of hydrogen-bond acceptors (Lipinski definition) is 2. The highest BCUT2D eigenvalue weighted by atomic mass is 35.5. The number of thiophene rings is 1. The Bertz CT molecular complexity index is 289. The number of hydrogen-bond donors (Lipinski definition) is 1. The summed E-state index contributed by atoms with van der Waals surface area (Å²) in [6.45, 7) is 4.54. The first-order valence-corrected chi connectivity index (χ1v) is 5.41. The van der Waals surface area contributed by atoms with E-state index in [1.165, 1.54) is 21.8 Å². The van der Waals surface area contributed by atoms with Gasteiger partial charge in [-0.2, -0.15) is 0 Å². The first-order valence-electron chi connectivity index (χ1n) is 4.06. The van der Waals surface area contributed by atoms with Gasteiger partial charge in [0.1, 0.15) is 0 Å². The molecule has 72 valence electrons. The van der Waals surface area contributed by atoms with Crippen LogP contribution in [0.15, 0.2) is 6.07 Å². The molecule has 0 aliphatic heterocycles. The largest absolute Gasteiger partial charge is 0.350 e. The fourth-order valence-corrected chi connectivity index (χ4v) is 1.98. The number of halogens is 1. The van der Waals surface area contributed by atoms with Crippen molar-refractivity contribution < 1.29 is 4.79 Å². The summed E-state index contributed by atoms with van der Waals surface area (Å²) in [5, 5.41) is 2.73. The van der Waals surface area contributed by atoms with Gasteiger partial charge in [0, 0.05) is 17.3 Å².